The third kappa shape index (κ3) is 3.37. The molecule has 1 N–H and O–H groups in total. The van der Waals surface area contributed by atoms with Crippen LogP contribution in [-0.4, -0.2) is 59.1 Å². The Kier molecular flexibility index (Phi) is 5.61. The van der Waals surface area contributed by atoms with Gasteiger partial charge in [0.05, 0.1) is 18.1 Å². The molecule has 0 amide bonds. The normalized spacial score (nSPS) is 44.3. The summed E-state index contributed by atoms with van der Waals surface area (Å²) in [4.78, 5) is 38.6. The van der Waals surface area contributed by atoms with Crippen LogP contribution in [0.1, 0.15) is 48.0 Å². The highest BCUT2D eigenvalue weighted by Gasteiger charge is 2.69. The van der Waals surface area contributed by atoms with Crippen molar-refractivity contribution in [1.29, 1.82) is 0 Å². The van der Waals surface area contributed by atoms with Crippen LogP contribution in [-0.2, 0) is 33.3 Å². The molecule has 2 aliphatic heterocycles. The van der Waals surface area contributed by atoms with Gasteiger partial charge in [-0.25, -0.2) is 14.4 Å². The van der Waals surface area contributed by atoms with Gasteiger partial charge in [-0.15, -0.1) is 0 Å². The minimum absolute atomic E-state index is 0.159. The van der Waals surface area contributed by atoms with Gasteiger partial charge in [0.15, 0.2) is 5.60 Å². The van der Waals surface area contributed by atoms with Crippen molar-refractivity contribution >= 4 is 17.9 Å². The fraction of sp³-hybridized carbons (Fsp3) is 0.640. The molecule has 3 fully saturated rings. The summed E-state index contributed by atoms with van der Waals surface area (Å²) in [5.74, 6) is -2.96. The molecule has 0 aromatic rings. The Morgan fingerprint density at radius 3 is 2.52 bits per heavy atom. The summed E-state index contributed by atoms with van der Waals surface area (Å²) in [5.41, 5.74) is -0.737. The Hall–Kier alpha value is -2.45. The molecular formula is C25H32O8. The molecule has 0 radical (unpaired) electrons. The van der Waals surface area contributed by atoms with Gasteiger partial charge in [-0.1, -0.05) is 31.2 Å². The molecule has 9 unspecified atom stereocenters. The molecule has 2 aliphatic carbocycles. The van der Waals surface area contributed by atoms with E-state index >= 15 is 0 Å². The van der Waals surface area contributed by atoms with Crippen LogP contribution in [0, 0.1) is 17.3 Å². The Labute approximate surface area is 193 Å². The van der Waals surface area contributed by atoms with Crippen molar-refractivity contribution in [2.75, 3.05) is 0 Å². The molecular weight excluding hydrogens is 428 g/mol. The van der Waals surface area contributed by atoms with E-state index in [1.54, 1.807) is 40.7 Å². The minimum atomic E-state index is -1.12. The molecule has 33 heavy (non-hydrogen) atoms. The van der Waals surface area contributed by atoms with Crippen LogP contribution in [0.4, 0.5) is 0 Å². The van der Waals surface area contributed by atoms with E-state index < -0.39 is 65.2 Å². The number of rotatable bonds is 4. The average molecular weight is 461 g/mol. The lowest BCUT2D eigenvalue weighted by Crippen LogP contribution is -2.67. The van der Waals surface area contributed by atoms with E-state index in [2.05, 4.69) is 6.58 Å². The second-order valence-corrected chi connectivity index (χ2v) is 10.00. The van der Waals surface area contributed by atoms with E-state index in [1.165, 1.54) is 0 Å². The molecule has 8 heteroatoms. The zero-order chi connectivity index (χ0) is 24.5. The lowest BCUT2D eigenvalue weighted by Gasteiger charge is -2.56. The molecule has 2 saturated heterocycles. The molecule has 0 aromatic heterocycles. The monoisotopic (exact) mass is 460 g/mol. The number of carbonyl (C=O) groups excluding carboxylic acids is 3. The highest BCUT2D eigenvalue weighted by molar-refractivity contribution is 5.92. The maximum absolute atomic E-state index is 13.1. The number of epoxide rings is 1. The summed E-state index contributed by atoms with van der Waals surface area (Å²) in [7, 11) is 0. The number of esters is 3. The van der Waals surface area contributed by atoms with Gasteiger partial charge in [0, 0.05) is 22.5 Å². The number of fused-ring (bicyclic) bond motifs is 3. The van der Waals surface area contributed by atoms with Gasteiger partial charge < -0.3 is 24.1 Å². The molecule has 0 aromatic carbocycles. The van der Waals surface area contributed by atoms with Gasteiger partial charge >= 0.3 is 17.9 Å². The van der Waals surface area contributed by atoms with Crippen molar-refractivity contribution < 1.29 is 38.4 Å². The lowest BCUT2D eigenvalue weighted by molar-refractivity contribution is -0.230. The lowest BCUT2D eigenvalue weighted by atomic mass is 9.53. The van der Waals surface area contributed by atoms with E-state index in [0.717, 1.165) is 5.57 Å². The van der Waals surface area contributed by atoms with Gasteiger partial charge in [0.2, 0.25) is 0 Å². The first-order valence-electron chi connectivity index (χ1n) is 11.3. The van der Waals surface area contributed by atoms with Crippen LogP contribution in [0.15, 0.2) is 35.5 Å². The van der Waals surface area contributed by atoms with Crippen LogP contribution in [0.5, 0.6) is 0 Å². The third-order valence-electron chi connectivity index (χ3n) is 8.17. The largest absolute Gasteiger partial charge is 0.458 e. The second kappa shape index (κ2) is 7.81. The molecule has 1 saturated carbocycles. The number of aliphatic hydroxyl groups excluding tert-OH is 1. The molecule has 4 rings (SSSR count). The van der Waals surface area contributed by atoms with Crippen LogP contribution in [0.3, 0.4) is 0 Å². The van der Waals surface area contributed by atoms with E-state index in [0.29, 0.717) is 12.0 Å². The SMILES string of the molecule is C=C1C(=O)OC2C1C(OC(=O)C1(C)OC1C)C(OC(=O)C(C)=CC)C1(C)C(O)CC=C(C)C21. The van der Waals surface area contributed by atoms with Crippen LogP contribution in [0.25, 0.3) is 0 Å². The molecule has 180 valence electrons. The number of aliphatic hydroxyl groups is 1. The van der Waals surface area contributed by atoms with Gasteiger partial charge in [0.1, 0.15) is 18.3 Å². The van der Waals surface area contributed by atoms with Crippen molar-refractivity contribution in [2.24, 2.45) is 17.3 Å². The van der Waals surface area contributed by atoms with E-state index in [9.17, 15) is 19.5 Å². The summed E-state index contributed by atoms with van der Waals surface area (Å²) in [5, 5.41) is 11.2. The molecule has 9 atom stereocenters. The Morgan fingerprint density at radius 1 is 1.30 bits per heavy atom. The van der Waals surface area contributed by atoms with Gasteiger partial charge in [-0.3, -0.25) is 0 Å². The Bertz CT molecular complexity index is 979. The quantitative estimate of drug-likeness (QED) is 0.224. The Morgan fingerprint density at radius 2 is 1.94 bits per heavy atom. The molecule has 0 spiro atoms. The summed E-state index contributed by atoms with van der Waals surface area (Å²) in [6, 6.07) is 0. The van der Waals surface area contributed by atoms with Crippen molar-refractivity contribution in [1.82, 2.24) is 0 Å². The summed E-state index contributed by atoms with van der Waals surface area (Å²) >= 11 is 0. The third-order valence-corrected chi connectivity index (χ3v) is 8.17. The number of allylic oxidation sites excluding steroid dienone is 1. The van der Waals surface area contributed by atoms with Gasteiger partial charge in [0.25, 0.3) is 0 Å². The predicted molar refractivity (Wildman–Crippen MR) is 117 cm³/mol. The van der Waals surface area contributed by atoms with Crippen molar-refractivity contribution in [2.45, 2.75) is 84.1 Å². The van der Waals surface area contributed by atoms with E-state index in [1.807, 2.05) is 13.0 Å². The first-order valence-corrected chi connectivity index (χ1v) is 11.3. The maximum Gasteiger partial charge on any atom is 0.341 e. The maximum atomic E-state index is 13.1. The van der Waals surface area contributed by atoms with E-state index in [-0.39, 0.29) is 11.7 Å². The molecule has 2 heterocycles. The highest BCUT2D eigenvalue weighted by atomic mass is 16.7. The van der Waals surface area contributed by atoms with Crippen molar-refractivity contribution in [3.8, 4) is 0 Å². The Balaban J connectivity index is 1.83. The standard InChI is InChI=1S/C25H32O8/c1-8-11(2)21(27)32-20-19(31-23(29)25(7)14(5)33-25)16-13(4)22(28)30-18(16)17-12(3)9-10-15(26)24(17,20)6/h8-9,14-20,26H,4,10H2,1-3,5-7H3. The van der Waals surface area contributed by atoms with Gasteiger partial charge in [-0.05, 0) is 41.0 Å². The smallest absolute Gasteiger partial charge is 0.341 e. The fourth-order valence-electron chi connectivity index (χ4n) is 5.61. The number of hydrogen-bond donors (Lipinski definition) is 1. The summed E-state index contributed by atoms with van der Waals surface area (Å²) in [6.45, 7) is 14.3. The zero-order valence-corrected chi connectivity index (χ0v) is 19.9. The fourth-order valence-corrected chi connectivity index (χ4v) is 5.61. The van der Waals surface area contributed by atoms with Crippen molar-refractivity contribution in [3.63, 3.8) is 0 Å². The van der Waals surface area contributed by atoms with Gasteiger partial charge in [-0.2, -0.15) is 0 Å². The number of carbonyl (C=O) groups is 3. The molecule has 8 nitrogen and oxygen atoms in total. The van der Waals surface area contributed by atoms with Crippen LogP contribution < -0.4 is 0 Å². The average Bonchev–Trinajstić information content (AvgIpc) is 3.28. The molecule has 4 aliphatic rings. The highest BCUT2D eigenvalue weighted by Crippen LogP contribution is 2.58. The van der Waals surface area contributed by atoms with Crippen LogP contribution in [0.2, 0.25) is 0 Å². The topological polar surface area (TPSA) is 112 Å². The zero-order valence-electron chi connectivity index (χ0n) is 19.9. The van der Waals surface area contributed by atoms with Crippen LogP contribution >= 0.6 is 0 Å². The first-order chi connectivity index (χ1) is 15.4. The first kappa shape index (κ1) is 23.7. The van der Waals surface area contributed by atoms with E-state index in [4.69, 9.17) is 18.9 Å². The predicted octanol–water partition coefficient (Wildman–Crippen LogP) is 2.40. The minimum Gasteiger partial charge on any atom is -0.458 e. The van der Waals surface area contributed by atoms with Crippen molar-refractivity contribution in [3.05, 3.63) is 35.5 Å². The number of hydrogen-bond acceptors (Lipinski definition) is 8. The number of ether oxygens (including phenoxy) is 4. The second-order valence-electron chi connectivity index (χ2n) is 10.00. The summed E-state index contributed by atoms with van der Waals surface area (Å²) < 4.78 is 23.1. The summed E-state index contributed by atoms with van der Waals surface area (Å²) in [6.07, 6.45) is -0.207. The molecule has 0 bridgehead atoms.